The maximum atomic E-state index is 13.3. The standard InChI is InChI=1S/C23H23N5OS/c1-3-27(4-2)23(29)20(17-11-7-5-8-12-17)30-22-19-15-26-28(21(19)24-16-25-22)18-13-9-6-10-14-18/h5-16,20H,3-4H2,1-2H3/t20-/m0/s1. The van der Waals surface area contributed by atoms with Crippen LogP contribution in [0.15, 0.2) is 78.2 Å². The third kappa shape index (κ3) is 3.93. The summed E-state index contributed by atoms with van der Waals surface area (Å²) in [5, 5.41) is 5.72. The largest absolute Gasteiger partial charge is 0.342 e. The van der Waals surface area contributed by atoms with Crippen LogP contribution in [0.1, 0.15) is 24.7 Å². The Kier molecular flexibility index (Phi) is 6.09. The molecule has 0 bridgehead atoms. The Bertz CT molecular complexity index is 1130. The van der Waals surface area contributed by atoms with Crippen LogP contribution in [0, 0.1) is 0 Å². The Morgan fingerprint density at radius 3 is 2.33 bits per heavy atom. The first-order valence-corrected chi connectivity index (χ1v) is 10.9. The van der Waals surface area contributed by atoms with Crippen LogP contribution in [0.25, 0.3) is 16.7 Å². The molecule has 30 heavy (non-hydrogen) atoms. The molecule has 0 saturated carbocycles. The lowest BCUT2D eigenvalue weighted by molar-refractivity contribution is -0.130. The quantitative estimate of drug-likeness (QED) is 0.327. The SMILES string of the molecule is CCN(CC)C(=O)[C@@H](Sc1ncnc2c1cnn2-c1ccccc1)c1ccccc1. The molecule has 2 heterocycles. The number of carbonyl (C=O) groups is 1. The minimum absolute atomic E-state index is 0.0819. The predicted octanol–water partition coefficient (Wildman–Crippen LogP) is 4.52. The molecule has 0 saturated heterocycles. The molecule has 0 unspecified atom stereocenters. The molecular formula is C23H23N5OS. The van der Waals surface area contributed by atoms with E-state index in [4.69, 9.17) is 0 Å². The highest BCUT2D eigenvalue weighted by Gasteiger charge is 2.27. The summed E-state index contributed by atoms with van der Waals surface area (Å²) >= 11 is 1.45. The van der Waals surface area contributed by atoms with Crippen LogP contribution in [0.2, 0.25) is 0 Å². The monoisotopic (exact) mass is 417 g/mol. The summed E-state index contributed by atoms with van der Waals surface area (Å²) in [4.78, 5) is 24.1. The van der Waals surface area contributed by atoms with Crippen LogP contribution >= 0.6 is 11.8 Å². The van der Waals surface area contributed by atoms with Gasteiger partial charge in [-0.05, 0) is 31.5 Å². The lowest BCUT2D eigenvalue weighted by atomic mass is 10.1. The Labute approximate surface area is 180 Å². The zero-order chi connectivity index (χ0) is 20.9. The second-order valence-electron chi connectivity index (χ2n) is 6.73. The van der Waals surface area contributed by atoms with E-state index in [1.54, 1.807) is 10.9 Å². The topological polar surface area (TPSA) is 63.9 Å². The number of hydrogen-bond acceptors (Lipinski definition) is 5. The first-order valence-electron chi connectivity index (χ1n) is 9.97. The van der Waals surface area contributed by atoms with E-state index >= 15 is 0 Å². The molecule has 1 atom stereocenters. The van der Waals surface area contributed by atoms with E-state index in [0.29, 0.717) is 13.1 Å². The van der Waals surface area contributed by atoms with Gasteiger partial charge < -0.3 is 4.90 Å². The van der Waals surface area contributed by atoms with Crippen molar-refractivity contribution in [2.45, 2.75) is 24.1 Å². The number of thioether (sulfide) groups is 1. The van der Waals surface area contributed by atoms with Crippen LogP contribution in [-0.2, 0) is 4.79 Å². The first-order chi connectivity index (χ1) is 14.7. The lowest BCUT2D eigenvalue weighted by Crippen LogP contribution is -2.33. The number of aromatic nitrogens is 4. The Hall–Kier alpha value is -3.19. The van der Waals surface area contributed by atoms with Crippen LogP contribution in [0.4, 0.5) is 0 Å². The maximum Gasteiger partial charge on any atom is 0.240 e. The molecule has 152 valence electrons. The van der Waals surface area contributed by atoms with Gasteiger partial charge in [0.25, 0.3) is 0 Å². The first kappa shape index (κ1) is 20.1. The number of amides is 1. The fourth-order valence-corrected chi connectivity index (χ4v) is 4.52. The van der Waals surface area contributed by atoms with Gasteiger partial charge in [-0.25, -0.2) is 14.6 Å². The summed E-state index contributed by atoms with van der Waals surface area (Å²) in [7, 11) is 0. The van der Waals surface area contributed by atoms with E-state index in [1.807, 2.05) is 79.4 Å². The van der Waals surface area contributed by atoms with Gasteiger partial charge in [0, 0.05) is 13.1 Å². The van der Waals surface area contributed by atoms with E-state index < -0.39 is 0 Å². The molecular weight excluding hydrogens is 394 g/mol. The zero-order valence-corrected chi connectivity index (χ0v) is 17.8. The highest BCUT2D eigenvalue weighted by atomic mass is 32.2. The van der Waals surface area contributed by atoms with Crippen molar-refractivity contribution in [2.75, 3.05) is 13.1 Å². The van der Waals surface area contributed by atoms with Gasteiger partial charge in [0.05, 0.1) is 17.3 Å². The third-order valence-electron chi connectivity index (χ3n) is 4.96. The second-order valence-corrected chi connectivity index (χ2v) is 7.82. The lowest BCUT2D eigenvalue weighted by Gasteiger charge is -2.25. The molecule has 0 spiro atoms. The molecule has 0 aliphatic carbocycles. The summed E-state index contributed by atoms with van der Waals surface area (Å²) < 4.78 is 1.80. The van der Waals surface area contributed by atoms with Gasteiger partial charge in [0.15, 0.2) is 5.65 Å². The molecule has 6 nitrogen and oxygen atoms in total. The van der Waals surface area contributed by atoms with E-state index in [2.05, 4.69) is 15.1 Å². The van der Waals surface area contributed by atoms with Crippen molar-refractivity contribution in [2.24, 2.45) is 0 Å². The molecule has 0 aliphatic heterocycles. The average Bonchev–Trinajstić information content (AvgIpc) is 3.24. The van der Waals surface area contributed by atoms with Gasteiger partial charge >= 0.3 is 0 Å². The van der Waals surface area contributed by atoms with Crippen molar-refractivity contribution in [3.05, 3.63) is 78.8 Å². The number of nitrogens with zero attached hydrogens (tertiary/aromatic N) is 5. The van der Waals surface area contributed by atoms with Crippen molar-refractivity contribution in [3.63, 3.8) is 0 Å². The van der Waals surface area contributed by atoms with Crippen LogP contribution < -0.4 is 0 Å². The fraction of sp³-hybridized carbons (Fsp3) is 0.217. The normalized spacial score (nSPS) is 12.1. The number of hydrogen-bond donors (Lipinski definition) is 0. The Morgan fingerprint density at radius 2 is 1.67 bits per heavy atom. The number of likely N-dealkylation sites (N-methyl/N-ethyl adjacent to an activating group) is 1. The Morgan fingerprint density at radius 1 is 1.00 bits per heavy atom. The number of carbonyl (C=O) groups excluding carboxylic acids is 1. The van der Waals surface area contributed by atoms with E-state index in [1.165, 1.54) is 18.1 Å². The van der Waals surface area contributed by atoms with E-state index in [0.717, 1.165) is 27.3 Å². The van der Waals surface area contributed by atoms with E-state index in [9.17, 15) is 4.79 Å². The Balaban J connectivity index is 1.75. The van der Waals surface area contributed by atoms with Crippen LogP contribution in [-0.4, -0.2) is 43.6 Å². The van der Waals surface area contributed by atoms with Gasteiger partial charge in [-0.1, -0.05) is 60.3 Å². The van der Waals surface area contributed by atoms with E-state index in [-0.39, 0.29) is 11.2 Å². The molecule has 2 aromatic carbocycles. The minimum atomic E-state index is -0.385. The van der Waals surface area contributed by atoms with Crippen molar-refractivity contribution in [1.29, 1.82) is 0 Å². The predicted molar refractivity (Wildman–Crippen MR) is 120 cm³/mol. The molecule has 7 heteroatoms. The number of rotatable bonds is 7. The van der Waals surface area contributed by atoms with Gasteiger partial charge in [-0.2, -0.15) is 5.10 Å². The molecule has 4 aromatic rings. The van der Waals surface area contributed by atoms with Gasteiger partial charge in [0.1, 0.15) is 16.6 Å². The van der Waals surface area contributed by atoms with Crippen molar-refractivity contribution >= 4 is 28.7 Å². The smallest absolute Gasteiger partial charge is 0.240 e. The molecule has 2 aromatic heterocycles. The molecule has 0 fully saturated rings. The number of fused-ring (bicyclic) bond motifs is 1. The molecule has 0 radical (unpaired) electrons. The van der Waals surface area contributed by atoms with Crippen LogP contribution in [0.5, 0.6) is 0 Å². The van der Waals surface area contributed by atoms with Gasteiger partial charge in [-0.15, -0.1) is 0 Å². The average molecular weight is 418 g/mol. The van der Waals surface area contributed by atoms with Crippen molar-refractivity contribution in [3.8, 4) is 5.69 Å². The number of benzene rings is 2. The minimum Gasteiger partial charge on any atom is -0.342 e. The highest BCUT2D eigenvalue weighted by Crippen LogP contribution is 2.38. The van der Waals surface area contributed by atoms with Gasteiger partial charge in [-0.3, -0.25) is 4.79 Å². The molecule has 0 N–H and O–H groups in total. The summed E-state index contributed by atoms with van der Waals surface area (Å²) in [6, 6.07) is 19.7. The molecule has 4 rings (SSSR count). The molecule has 1 amide bonds. The summed E-state index contributed by atoms with van der Waals surface area (Å²) in [6.45, 7) is 5.34. The maximum absolute atomic E-state index is 13.3. The third-order valence-corrected chi connectivity index (χ3v) is 6.22. The second kappa shape index (κ2) is 9.09. The fourth-order valence-electron chi connectivity index (χ4n) is 3.38. The summed E-state index contributed by atoms with van der Waals surface area (Å²) in [5.41, 5.74) is 2.61. The van der Waals surface area contributed by atoms with Crippen LogP contribution in [0.3, 0.4) is 0 Å². The summed E-state index contributed by atoms with van der Waals surface area (Å²) in [5.74, 6) is 0.0819. The van der Waals surface area contributed by atoms with Crippen molar-refractivity contribution in [1.82, 2.24) is 24.6 Å². The summed E-state index contributed by atoms with van der Waals surface area (Å²) in [6.07, 6.45) is 3.31. The van der Waals surface area contributed by atoms with Gasteiger partial charge in [0.2, 0.25) is 5.91 Å². The highest BCUT2D eigenvalue weighted by molar-refractivity contribution is 8.00. The number of para-hydroxylation sites is 1. The van der Waals surface area contributed by atoms with Crippen molar-refractivity contribution < 1.29 is 4.79 Å². The zero-order valence-electron chi connectivity index (χ0n) is 17.0. The molecule has 0 aliphatic rings.